The molecule has 0 aromatic heterocycles. The first-order chi connectivity index (χ1) is 16.8. The van der Waals surface area contributed by atoms with E-state index < -0.39 is 31.0 Å². The highest BCUT2D eigenvalue weighted by Crippen LogP contribution is 2.41. The lowest BCUT2D eigenvalue weighted by molar-refractivity contribution is -0.147. The van der Waals surface area contributed by atoms with E-state index in [4.69, 9.17) is 9.84 Å². The molecule has 0 bridgehead atoms. The Kier molecular flexibility index (Phi) is 13.4. The number of aliphatic hydroxyl groups is 4. The van der Waals surface area contributed by atoms with Crippen LogP contribution >= 0.6 is 0 Å². The molecule has 1 aliphatic carbocycles. The van der Waals surface area contributed by atoms with Crippen LogP contribution in [0.2, 0.25) is 0 Å². The third-order valence-electron chi connectivity index (χ3n) is 7.31. The minimum absolute atomic E-state index is 0.00574. The smallest absolute Gasteiger partial charge is 0.305 e. The van der Waals surface area contributed by atoms with Crippen LogP contribution in [0.1, 0.15) is 75.3 Å². The van der Waals surface area contributed by atoms with Gasteiger partial charge in [-0.1, -0.05) is 48.7 Å². The van der Waals surface area contributed by atoms with Crippen LogP contribution in [-0.2, 0) is 16.0 Å². The second-order valence-electron chi connectivity index (χ2n) is 9.97. The largest absolute Gasteiger partial charge is 0.463 e. The quantitative estimate of drug-likeness (QED) is 0.148. The van der Waals surface area contributed by atoms with Crippen LogP contribution in [0.25, 0.3) is 0 Å². The van der Waals surface area contributed by atoms with Crippen molar-refractivity contribution in [3.05, 3.63) is 40.3 Å². The number of nitrogens with zero attached hydrogens (tertiary/aromatic N) is 1. The Morgan fingerprint density at radius 2 is 1.80 bits per heavy atom. The number of rotatable bonds is 17. The highest BCUT2D eigenvalue weighted by molar-refractivity contribution is 5.69. The summed E-state index contributed by atoms with van der Waals surface area (Å²) in [5.74, 6) is -0.389. The molecule has 198 valence electrons. The fourth-order valence-corrected chi connectivity index (χ4v) is 5.16. The number of nitroso groups, excluding NO2 is 1. The first kappa shape index (κ1) is 29.4. The number of carbonyl (C=O) groups is 1. The Hall–Kier alpha value is -1.87. The van der Waals surface area contributed by atoms with Gasteiger partial charge in [0.1, 0.15) is 12.7 Å². The molecule has 1 fully saturated rings. The summed E-state index contributed by atoms with van der Waals surface area (Å²) in [6.45, 7) is 1.44. The van der Waals surface area contributed by atoms with E-state index in [9.17, 15) is 25.0 Å². The number of aliphatic hydroxyl groups excluding tert-OH is 4. The molecule has 4 N–H and O–H groups in total. The summed E-state index contributed by atoms with van der Waals surface area (Å²) >= 11 is 0. The van der Waals surface area contributed by atoms with Gasteiger partial charge in [-0.15, -0.1) is 0 Å². The molecule has 1 aromatic rings. The molecule has 1 saturated carbocycles. The Bertz CT molecular complexity index is 759. The van der Waals surface area contributed by atoms with Crippen LogP contribution in [-0.4, -0.2) is 64.0 Å². The first-order valence-corrected chi connectivity index (χ1v) is 13.0. The zero-order chi connectivity index (χ0) is 25.6. The molecule has 0 aliphatic heterocycles. The molecule has 0 saturated heterocycles. The van der Waals surface area contributed by atoms with Gasteiger partial charge in [-0.3, -0.25) is 4.79 Å². The van der Waals surface area contributed by atoms with Gasteiger partial charge in [0.25, 0.3) is 0 Å². The standard InChI is InChI=1S/C27H43NO7/c1-19-8-6-7-9-20(19)12-13-21(30)14-15-23-24(26(32)16-25(23)28-34)10-4-2-3-5-11-27(33)35-18-22(31)17-29/h6-9,21-26,29-32H,2-5,10-18H2,1H3. The number of benzene rings is 1. The van der Waals surface area contributed by atoms with E-state index in [2.05, 4.69) is 24.2 Å². The number of carbonyl (C=O) groups excluding carboxylic acids is 1. The van der Waals surface area contributed by atoms with Gasteiger partial charge in [0.2, 0.25) is 0 Å². The second-order valence-corrected chi connectivity index (χ2v) is 9.97. The van der Waals surface area contributed by atoms with E-state index in [1.54, 1.807) is 0 Å². The summed E-state index contributed by atoms with van der Waals surface area (Å²) in [6.07, 6.45) is 5.51. The second kappa shape index (κ2) is 16.0. The third-order valence-corrected chi connectivity index (χ3v) is 7.31. The van der Waals surface area contributed by atoms with Gasteiger partial charge >= 0.3 is 5.97 Å². The number of aryl methyl sites for hydroxylation is 2. The lowest BCUT2D eigenvalue weighted by atomic mass is 9.84. The van der Waals surface area contributed by atoms with Crippen molar-refractivity contribution in [1.82, 2.24) is 0 Å². The van der Waals surface area contributed by atoms with Crippen molar-refractivity contribution in [1.29, 1.82) is 0 Å². The molecule has 0 radical (unpaired) electrons. The van der Waals surface area contributed by atoms with Crippen LogP contribution in [0.5, 0.6) is 0 Å². The van der Waals surface area contributed by atoms with E-state index in [0.717, 1.165) is 32.1 Å². The summed E-state index contributed by atoms with van der Waals surface area (Å²) in [4.78, 5) is 23.0. The van der Waals surface area contributed by atoms with Gasteiger partial charge in [-0.2, -0.15) is 4.91 Å². The molecule has 6 atom stereocenters. The summed E-state index contributed by atoms with van der Waals surface area (Å²) < 4.78 is 4.89. The van der Waals surface area contributed by atoms with Crippen LogP contribution in [0.4, 0.5) is 0 Å². The van der Waals surface area contributed by atoms with E-state index >= 15 is 0 Å². The van der Waals surface area contributed by atoms with Gasteiger partial charge in [0.15, 0.2) is 0 Å². The number of unbranched alkanes of at least 4 members (excludes halogenated alkanes) is 3. The van der Waals surface area contributed by atoms with Crippen molar-refractivity contribution in [3.63, 3.8) is 0 Å². The topological polar surface area (TPSA) is 137 Å². The number of hydrogen-bond donors (Lipinski definition) is 4. The molecule has 1 aromatic carbocycles. The predicted molar refractivity (Wildman–Crippen MR) is 134 cm³/mol. The molecular weight excluding hydrogens is 450 g/mol. The monoisotopic (exact) mass is 493 g/mol. The maximum atomic E-state index is 11.6. The number of hydrogen-bond acceptors (Lipinski definition) is 8. The summed E-state index contributed by atoms with van der Waals surface area (Å²) in [6, 6.07) is 7.78. The highest BCUT2D eigenvalue weighted by Gasteiger charge is 2.42. The lowest BCUT2D eigenvalue weighted by Gasteiger charge is -2.24. The number of esters is 1. The molecule has 6 unspecified atom stereocenters. The summed E-state index contributed by atoms with van der Waals surface area (Å²) in [5, 5.41) is 42.3. The van der Waals surface area contributed by atoms with E-state index in [0.29, 0.717) is 32.1 Å². The summed E-state index contributed by atoms with van der Waals surface area (Å²) in [7, 11) is 0. The van der Waals surface area contributed by atoms with Crippen molar-refractivity contribution in [2.24, 2.45) is 17.0 Å². The Balaban J connectivity index is 1.69. The molecule has 0 amide bonds. The number of ether oxygens (including phenoxy) is 1. The fourth-order valence-electron chi connectivity index (χ4n) is 5.16. The van der Waals surface area contributed by atoms with Crippen molar-refractivity contribution in [2.75, 3.05) is 13.2 Å². The Morgan fingerprint density at radius 3 is 2.51 bits per heavy atom. The van der Waals surface area contributed by atoms with Gasteiger partial charge in [-0.25, -0.2) is 0 Å². The molecular formula is C27H43NO7. The molecule has 35 heavy (non-hydrogen) atoms. The zero-order valence-corrected chi connectivity index (χ0v) is 20.9. The average Bonchev–Trinajstić information content (AvgIpc) is 3.16. The predicted octanol–water partition coefficient (Wildman–Crippen LogP) is 3.44. The van der Waals surface area contributed by atoms with Crippen molar-refractivity contribution in [3.8, 4) is 0 Å². The molecule has 2 rings (SSSR count). The Labute approximate surface area is 208 Å². The SMILES string of the molecule is Cc1ccccc1CCC(O)CCC1C(N=O)CC(O)C1CCCCCCC(=O)OCC(O)CO. The molecule has 0 heterocycles. The average molecular weight is 494 g/mol. The Morgan fingerprint density at radius 1 is 1.06 bits per heavy atom. The molecule has 0 spiro atoms. The normalized spacial score (nSPS) is 23.7. The van der Waals surface area contributed by atoms with E-state index in [1.807, 2.05) is 12.1 Å². The van der Waals surface area contributed by atoms with Crippen LogP contribution in [0.3, 0.4) is 0 Å². The maximum Gasteiger partial charge on any atom is 0.305 e. The fraction of sp³-hybridized carbons (Fsp3) is 0.741. The molecule has 1 aliphatic rings. The van der Waals surface area contributed by atoms with Gasteiger partial charge in [0.05, 0.1) is 24.9 Å². The maximum absolute atomic E-state index is 11.6. The van der Waals surface area contributed by atoms with E-state index in [1.165, 1.54) is 11.1 Å². The van der Waals surface area contributed by atoms with Crippen LogP contribution in [0, 0.1) is 23.7 Å². The first-order valence-electron chi connectivity index (χ1n) is 13.0. The van der Waals surface area contributed by atoms with Crippen molar-refractivity contribution in [2.45, 2.75) is 102 Å². The lowest BCUT2D eigenvalue weighted by Crippen LogP contribution is -2.23. The zero-order valence-electron chi connectivity index (χ0n) is 20.9. The minimum atomic E-state index is -1.04. The molecule has 8 nitrogen and oxygen atoms in total. The van der Waals surface area contributed by atoms with Crippen LogP contribution < -0.4 is 0 Å². The minimum Gasteiger partial charge on any atom is -0.463 e. The van der Waals surface area contributed by atoms with Crippen molar-refractivity contribution < 1.29 is 30.0 Å². The molecule has 8 heteroatoms. The third kappa shape index (κ3) is 10.3. The van der Waals surface area contributed by atoms with Gasteiger partial charge in [0, 0.05) is 6.42 Å². The van der Waals surface area contributed by atoms with Gasteiger partial charge < -0.3 is 25.2 Å². The van der Waals surface area contributed by atoms with Crippen LogP contribution in [0.15, 0.2) is 29.4 Å². The summed E-state index contributed by atoms with van der Waals surface area (Å²) in [5.41, 5.74) is 2.46. The van der Waals surface area contributed by atoms with E-state index in [-0.39, 0.29) is 30.8 Å². The van der Waals surface area contributed by atoms with Gasteiger partial charge in [-0.05, 0) is 74.8 Å². The van der Waals surface area contributed by atoms with Crippen molar-refractivity contribution >= 4 is 5.97 Å². The highest BCUT2D eigenvalue weighted by atomic mass is 16.5.